The molecule has 1 amide bonds. The Balaban J connectivity index is 0.00000684. The first-order valence-corrected chi connectivity index (χ1v) is 13.0. The molecule has 0 saturated heterocycles. The fourth-order valence-corrected chi connectivity index (χ4v) is 4.10. The molecule has 0 saturated carbocycles. The van der Waals surface area contributed by atoms with Gasteiger partial charge in [0.05, 0.1) is 27.2 Å². The van der Waals surface area contributed by atoms with E-state index in [1.54, 1.807) is 12.1 Å². The molecule has 0 atom stereocenters. The zero-order valence-corrected chi connectivity index (χ0v) is 24.7. The van der Waals surface area contributed by atoms with Gasteiger partial charge in [0.1, 0.15) is 5.75 Å². The van der Waals surface area contributed by atoms with Crippen LogP contribution in [0.1, 0.15) is 56.0 Å². The molecular formula is C30H43BrN2O4. The van der Waals surface area contributed by atoms with Crippen molar-refractivity contribution in [1.82, 2.24) is 4.90 Å². The highest BCUT2D eigenvalue weighted by Crippen LogP contribution is 2.35. The molecule has 0 aliphatic rings. The quantitative estimate of drug-likeness (QED) is 0.134. The number of amides is 1. The van der Waals surface area contributed by atoms with E-state index in [-0.39, 0.29) is 28.7 Å². The summed E-state index contributed by atoms with van der Waals surface area (Å²) in [5, 5.41) is 0. The number of carbonyl (C=O) groups excluding carboxylic acids is 2. The van der Waals surface area contributed by atoms with Crippen molar-refractivity contribution in [1.29, 1.82) is 0 Å². The van der Waals surface area contributed by atoms with Crippen LogP contribution in [0.25, 0.3) is 0 Å². The standard InChI is InChI=1S/C30H43N2O4.BrH/c1-7-14-25-15-13-16-28(36-26-19-17-24(18-20-26)27(33)8-2)30(25)35-22-12-11-21-32(5,6)23-29(34)31(9-3)10-4;/h7,13,15-20H,1,8-12,14,21-23H2,2-6H3;1H/q+1;/p-1. The normalized spacial score (nSPS) is 10.8. The summed E-state index contributed by atoms with van der Waals surface area (Å²) < 4.78 is 13.0. The number of hydrogen-bond donors (Lipinski definition) is 0. The lowest BCUT2D eigenvalue weighted by molar-refractivity contribution is -0.883. The lowest BCUT2D eigenvalue weighted by atomic mass is 10.1. The first kappa shape index (κ1) is 32.4. The lowest BCUT2D eigenvalue weighted by Gasteiger charge is -2.31. The number of ether oxygens (including phenoxy) is 2. The zero-order valence-electron chi connectivity index (χ0n) is 23.1. The average Bonchev–Trinajstić information content (AvgIpc) is 2.85. The summed E-state index contributed by atoms with van der Waals surface area (Å²) in [5.41, 5.74) is 1.70. The van der Waals surface area contributed by atoms with E-state index in [2.05, 4.69) is 20.7 Å². The van der Waals surface area contributed by atoms with Crippen molar-refractivity contribution >= 4 is 11.7 Å². The van der Waals surface area contributed by atoms with Crippen LogP contribution in [-0.2, 0) is 11.2 Å². The van der Waals surface area contributed by atoms with Gasteiger partial charge in [0, 0.05) is 30.6 Å². The molecule has 2 aromatic rings. The summed E-state index contributed by atoms with van der Waals surface area (Å²) in [6.07, 6.45) is 4.82. The third-order valence-corrected chi connectivity index (χ3v) is 6.23. The molecule has 0 heterocycles. The van der Waals surface area contributed by atoms with Gasteiger partial charge in [0.25, 0.3) is 5.91 Å². The summed E-state index contributed by atoms with van der Waals surface area (Å²) >= 11 is 0. The highest BCUT2D eigenvalue weighted by atomic mass is 79.9. The molecule has 0 aliphatic carbocycles. The average molecular weight is 576 g/mol. The molecule has 0 unspecified atom stereocenters. The summed E-state index contributed by atoms with van der Waals surface area (Å²) in [5.74, 6) is 2.33. The lowest BCUT2D eigenvalue weighted by Crippen LogP contribution is -3.00. The van der Waals surface area contributed by atoms with Crippen molar-refractivity contribution in [3.05, 3.63) is 66.2 Å². The smallest absolute Gasteiger partial charge is 0.277 e. The van der Waals surface area contributed by atoms with E-state index in [0.717, 1.165) is 43.8 Å². The maximum atomic E-state index is 12.5. The first-order chi connectivity index (χ1) is 17.2. The van der Waals surface area contributed by atoms with E-state index in [1.807, 2.05) is 62.1 Å². The number of allylic oxidation sites excluding steroid dienone is 1. The molecule has 0 aliphatic heterocycles. The molecule has 0 radical (unpaired) electrons. The molecule has 7 heteroatoms. The van der Waals surface area contributed by atoms with E-state index < -0.39 is 0 Å². The molecule has 0 bridgehead atoms. The molecule has 37 heavy (non-hydrogen) atoms. The number of halogens is 1. The van der Waals surface area contributed by atoms with Crippen molar-refractivity contribution in [3.8, 4) is 17.2 Å². The zero-order chi connectivity index (χ0) is 26.6. The van der Waals surface area contributed by atoms with Crippen molar-refractivity contribution in [2.24, 2.45) is 0 Å². The van der Waals surface area contributed by atoms with Crippen molar-refractivity contribution in [2.75, 3.05) is 46.9 Å². The van der Waals surface area contributed by atoms with Gasteiger partial charge in [-0.15, -0.1) is 6.58 Å². The van der Waals surface area contributed by atoms with E-state index in [1.165, 1.54) is 0 Å². The Morgan fingerprint density at radius 3 is 2.27 bits per heavy atom. The summed E-state index contributed by atoms with van der Waals surface area (Å²) in [4.78, 5) is 26.3. The first-order valence-electron chi connectivity index (χ1n) is 13.0. The molecule has 2 rings (SSSR count). The molecule has 0 spiro atoms. The number of hydrogen-bond acceptors (Lipinski definition) is 4. The van der Waals surface area contributed by atoms with Gasteiger partial charge in [0.2, 0.25) is 0 Å². The molecule has 6 nitrogen and oxygen atoms in total. The maximum Gasteiger partial charge on any atom is 0.277 e. The van der Waals surface area contributed by atoms with Gasteiger partial charge in [-0.3, -0.25) is 9.59 Å². The van der Waals surface area contributed by atoms with Crippen LogP contribution >= 0.6 is 0 Å². The Labute approximate surface area is 233 Å². The second-order valence-electron chi connectivity index (χ2n) is 9.58. The Kier molecular flexibility index (Phi) is 14.2. The highest BCUT2D eigenvalue weighted by Gasteiger charge is 2.22. The summed E-state index contributed by atoms with van der Waals surface area (Å²) in [6.45, 7) is 13.2. The summed E-state index contributed by atoms with van der Waals surface area (Å²) in [6, 6.07) is 13.1. The summed E-state index contributed by atoms with van der Waals surface area (Å²) in [7, 11) is 4.21. The van der Waals surface area contributed by atoms with Gasteiger partial charge in [-0.2, -0.15) is 0 Å². The van der Waals surface area contributed by atoms with Crippen molar-refractivity contribution in [2.45, 2.75) is 46.5 Å². The Morgan fingerprint density at radius 2 is 1.68 bits per heavy atom. The molecule has 0 fully saturated rings. The predicted octanol–water partition coefficient (Wildman–Crippen LogP) is 2.91. The Bertz CT molecular complexity index is 1000. The van der Waals surface area contributed by atoms with Crippen LogP contribution in [0.2, 0.25) is 0 Å². The second-order valence-corrected chi connectivity index (χ2v) is 9.58. The van der Waals surface area contributed by atoms with Crippen LogP contribution in [0.5, 0.6) is 17.2 Å². The van der Waals surface area contributed by atoms with Crippen molar-refractivity contribution < 1.29 is 40.5 Å². The number of carbonyl (C=O) groups is 2. The minimum atomic E-state index is 0. The number of quaternary nitrogens is 1. The number of benzene rings is 2. The SMILES string of the molecule is C=CCc1cccc(Oc2ccc(C(=O)CC)cc2)c1OCCCC[N+](C)(C)CC(=O)N(CC)CC.[Br-]. The number of nitrogens with zero attached hydrogens (tertiary/aromatic N) is 2. The number of para-hydroxylation sites is 1. The fraction of sp³-hybridized carbons (Fsp3) is 0.467. The van der Waals surface area contributed by atoms with Gasteiger partial charge in [-0.25, -0.2) is 0 Å². The van der Waals surface area contributed by atoms with E-state index >= 15 is 0 Å². The Morgan fingerprint density at radius 1 is 1.00 bits per heavy atom. The van der Waals surface area contributed by atoms with Crippen LogP contribution < -0.4 is 26.5 Å². The minimum absolute atomic E-state index is 0. The fourth-order valence-electron chi connectivity index (χ4n) is 4.10. The molecular weight excluding hydrogens is 532 g/mol. The van der Waals surface area contributed by atoms with E-state index in [0.29, 0.717) is 47.5 Å². The number of rotatable bonds is 16. The number of unbranched alkanes of at least 4 members (excludes halogenated alkanes) is 1. The number of ketones is 1. The van der Waals surface area contributed by atoms with Gasteiger partial charge in [-0.1, -0.05) is 25.1 Å². The monoisotopic (exact) mass is 574 g/mol. The van der Waals surface area contributed by atoms with E-state index in [9.17, 15) is 9.59 Å². The third-order valence-electron chi connectivity index (χ3n) is 6.23. The van der Waals surface area contributed by atoms with Crippen LogP contribution in [-0.4, -0.2) is 68.0 Å². The number of Topliss-reactive ketones (excluding diaryl/α,β-unsaturated/α-hetero) is 1. The van der Waals surface area contributed by atoms with Crippen LogP contribution in [0.15, 0.2) is 55.1 Å². The topological polar surface area (TPSA) is 55.8 Å². The molecule has 0 N–H and O–H groups in total. The third kappa shape index (κ3) is 10.3. The van der Waals surface area contributed by atoms with Gasteiger partial charge < -0.3 is 35.8 Å². The number of likely N-dealkylation sites (N-methyl/N-ethyl adjacent to an activating group) is 2. The van der Waals surface area contributed by atoms with Crippen LogP contribution in [0.4, 0.5) is 0 Å². The van der Waals surface area contributed by atoms with Crippen molar-refractivity contribution in [3.63, 3.8) is 0 Å². The maximum absolute atomic E-state index is 12.5. The molecule has 204 valence electrons. The van der Waals surface area contributed by atoms with Gasteiger partial charge in [0.15, 0.2) is 23.8 Å². The van der Waals surface area contributed by atoms with E-state index in [4.69, 9.17) is 9.47 Å². The predicted molar refractivity (Wildman–Crippen MR) is 146 cm³/mol. The second kappa shape index (κ2) is 16.3. The van der Waals surface area contributed by atoms with Crippen LogP contribution in [0.3, 0.4) is 0 Å². The van der Waals surface area contributed by atoms with Gasteiger partial charge >= 0.3 is 0 Å². The molecule has 2 aromatic carbocycles. The Hall–Kier alpha value is -2.64. The minimum Gasteiger partial charge on any atom is -1.00 e. The molecule has 0 aromatic heterocycles. The van der Waals surface area contributed by atoms with Gasteiger partial charge in [-0.05, 0) is 63.4 Å². The largest absolute Gasteiger partial charge is 1.00 e. The van der Waals surface area contributed by atoms with Crippen LogP contribution in [0, 0.1) is 0 Å². The highest BCUT2D eigenvalue weighted by molar-refractivity contribution is 5.95.